The normalized spacial score (nSPS) is 15.3. The Morgan fingerprint density at radius 2 is 1.89 bits per heavy atom. The molecule has 0 saturated carbocycles. The molecule has 0 radical (unpaired) electrons. The highest BCUT2D eigenvalue weighted by atomic mass is 79.9. The van der Waals surface area contributed by atoms with Crippen molar-refractivity contribution in [1.29, 1.82) is 0 Å². The number of rotatable bonds is 6. The lowest BCUT2D eigenvalue weighted by Crippen LogP contribution is -2.41. The zero-order chi connectivity index (χ0) is 13.8. The van der Waals surface area contributed by atoms with Crippen LogP contribution in [0.15, 0.2) is 33.6 Å². The summed E-state index contributed by atoms with van der Waals surface area (Å²) in [6.45, 7) is 3.66. The average Bonchev–Trinajstić information content (AvgIpc) is 2.35. The zero-order valence-corrected chi connectivity index (χ0v) is 12.8. The molecule has 0 amide bonds. The summed E-state index contributed by atoms with van der Waals surface area (Å²) in [6, 6.07) is 5.94. The highest BCUT2D eigenvalue weighted by Crippen LogP contribution is 2.16. The molecule has 1 rings (SSSR count). The van der Waals surface area contributed by atoms with Gasteiger partial charge in [-0.2, -0.15) is 0 Å². The number of hydrogen-bond acceptors (Lipinski definition) is 3. The molecule has 1 aromatic carbocycles. The van der Waals surface area contributed by atoms with Gasteiger partial charge in [0.15, 0.2) is 0 Å². The molecule has 1 aromatic rings. The standard InChI is InChI=1S/C12H18BrNO3S/c1-3-9(2)12(8-15)14-18(16,17)11-6-4-10(13)5-7-11/h4-7,9,12,14-15H,3,8H2,1-2H3. The highest BCUT2D eigenvalue weighted by Gasteiger charge is 2.22. The lowest BCUT2D eigenvalue weighted by atomic mass is 10.0. The number of aliphatic hydroxyl groups excluding tert-OH is 1. The van der Waals surface area contributed by atoms with E-state index < -0.39 is 16.1 Å². The highest BCUT2D eigenvalue weighted by molar-refractivity contribution is 9.10. The third kappa shape index (κ3) is 4.05. The second kappa shape index (κ2) is 6.65. The smallest absolute Gasteiger partial charge is 0.240 e. The van der Waals surface area contributed by atoms with Crippen LogP contribution in [0.25, 0.3) is 0 Å². The quantitative estimate of drug-likeness (QED) is 0.836. The molecule has 2 N–H and O–H groups in total. The first-order valence-electron chi connectivity index (χ1n) is 5.79. The topological polar surface area (TPSA) is 66.4 Å². The molecule has 2 atom stereocenters. The Labute approximate surface area is 117 Å². The van der Waals surface area contributed by atoms with Crippen LogP contribution >= 0.6 is 15.9 Å². The van der Waals surface area contributed by atoms with Gasteiger partial charge in [0.05, 0.1) is 11.5 Å². The van der Waals surface area contributed by atoms with Crippen molar-refractivity contribution >= 4 is 26.0 Å². The molecule has 0 heterocycles. The molecule has 0 saturated heterocycles. The molecule has 6 heteroatoms. The Bertz CT molecular complexity index is 473. The minimum Gasteiger partial charge on any atom is -0.395 e. The summed E-state index contributed by atoms with van der Waals surface area (Å²) in [7, 11) is -3.57. The maximum atomic E-state index is 12.1. The maximum Gasteiger partial charge on any atom is 0.240 e. The first kappa shape index (κ1) is 15.6. The molecular weight excluding hydrogens is 318 g/mol. The Morgan fingerprint density at radius 1 is 1.33 bits per heavy atom. The monoisotopic (exact) mass is 335 g/mol. The van der Waals surface area contributed by atoms with Crippen LogP contribution in [-0.4, -0.2) is 26.2 Å². The van der Waals surface area contributed by atoms with E-state index in [4.69, 9.17) is 0 Å². The van der Waals surface area contributed by atoms with E-state index in [9.17, 15) is 13.5 Å². The van der Waals surface area contributed by atoms with Crippen LogP contribution in [0.1, 0.15) is 20.3 Å². The molecule has 0 aliphatic rings. The van der Waals surface area contributed by atoms with E-state index in [1.54, 1.807) is 12.1 Å². The van der Waals surface area contributed by atoms with Gasteiger partial charge in [-0.1, -0.05) is 36.2 Å². The van der Waals surface area contributed by atoms with E-state index in [0.29, 0.717) is 0 Å². The molecule has 0 aromatic heterocycles. The number of sulfonamides is 1. The van der Waals surface area contributed by atoms with Gasteiger partial charge in [0.2, 0.25) is 10.0 Å². The molecule has 0 spiro atoms. The lowest BCUT2D eigenvalue weighted by molar-refractivity contribution is 0.219. The number of benzene rings is 1. The molecule has 0 aliphatic carbocycles. The summed E-state index contributed by atoms with van der Waals surface area (Å²) >= 11 is 3.26. The first-order valence-corrected chi connectivity index (χ1v) is 8.07. The second-order valence-electron chi connectivity index (χ2n) is 4.25. The van der Waals surface area contributed by atoms with Crippen molar-refractivity contribution in [2.45, 2.75) is 31.2 Å². The summed E-state index contributed by atoms with van der Waals surface area (Å²) in [4.78, 5) is 0.201. The summed E-state index contributed by atoms with van der Waals surface area (Å²) in [5.74, 6) is 0.0835. The number of halogens is 1. The van der Waals surface area contributed by atoms with Crippen LogP contribution in [0.5, 0.6) is 0 Å². The van der Waals surface area contributed by atoms with Gasteiger partial charge in [-0.25, -0.2) is 13.1 Å². The minimum atomic E-state index is -3.57. The Morgan fingerprint density at radius 3 is 2.33 bits per heavy atom. The van der Waals surface area contributed by atoms with Gasteiger partial charge in [-0.05, 0) is 30.2 Å². The lowest BCUT2D eigenvalue weighted by Gasteiger charge is -2.21. The molecule has 0 bridgehead atoms. The van der Waals surface area contributed by atoms with Crippen LogP contribution in [0.4, 0.5) is 0 Å². The molecule has 0 aliphatic heterocycles. The van der Waals surface area contributed by atoms with Gasteiger partial charge >= 0.3 is 0 Å². The second-order valence-corrected chi connectivity index (χ2v) is 6.88. The van der Waals surface area contributed by atoms with Gasteiger partial charge in [0.1, 0.15) is 0 Å². The average molecular weight is 336 g/mol. The summed E-state index contributed by atoms with van der Waals surface area (Å²) in [6.07, 6.45) is 0.800. The number of aliphatic hydroxyl groups is 1. The molecule has 102 valence electrons. The number of hydrogen-bond donors (Lipinski definition) is 2. The van der Waals surface area contributed by atoms with Crippen molar-refractivity contribution in [1.82, 2.24) is 4.72 Å². The van der Waals surface area contributed by atoms with Gasteiger partial charge in [0, 0.05) is 10.5 Å². The third-order valence-electron chi connectivity index (χ3n) is 2.96. The summed E-state index contributed by atoms with van der Waals surface area (Å²) in [5, 5.41) is 9.25. The third-order valence-corrected chi connectivity index (χ3v) is 4.99. The fraction of sp³-hybridized carbons (Fsp3) is 0.500. The first-order chi connectivity index (χ1) is 8.40. The molecular formula is C12H18BrNO3S. The van der Waals surface area contributed by atoms with E-state index in [2.05, 4.69) is 20.7 Å². The van der Waals surface area contributed by atoms with Crippen molar-refractivity contribution < 1.29 is 13.5 Å². The molecule has 4 nitrogen and oxygen atoms in total. The van der Waals surface area contributed by atoms with E-state index in [-0.39, 0.29) is 17.4 Å². The Kier molecular flexibility index (Phi) is 5.78. The van der Waals surface area contributed by atoms with Crippen LogP contribution in [0.2, 0.25) is 0 Å². The van der Waals surface area contributed by atoms with Crippen molar-refractivity contribution in [3.8, 4) is 0 Å². The van der Waals surface area contributed by atoms with Gasteiger partial charge < -0.3 is 5.11 Å². The van der Waals surface area contributed by atoms with Crippen molar-refractivity contribution in [2.24, 2.45) is 5.92 Å². The van der Waals surface area contributed by atoms with Gasteiger partial charge in [-0.15, -0.1) is 0 Å². The Hall–Kier alpha value is -0.430. The van der Waals surface area contributed by atoms with Gasteiger partial charge in [0.25, 0.3) is 0 Å². The molecule has 2 unspecified atom stereocenters. The molecule has 18 heavy (non-hydrogen) atoms. The van der Waals surface area contributed by atoms with E-state index >= 15 is 0 Å². The van der Waals surface area contributed by atoms with Crippen LogP contribution in [-0.2, 0) is 10.0 Å². The minimum absolute atomic E-state index is 0.0835. The predicted octanol–water partition coefficient (Wildman–Crippen LogP) is 2.13. The Balaban J connectivity index is 2.90. The van der Waals surface area contributed by atoms with E-state index in [1.807, 2.05) is 13.8 Å². The predicted molar refractivity (Wildman–Crippen MR) is 74.8 cm³/mol. The van der Waals surface area contributed by atoms with Gasteiger partial charge in [-0.3, -0.25) is 0 Å². The van der Waals surface area contributed by atoms with Crippen molar-refractivity contribution in [3.05, 3.63) is 28.7 Å². The zero-order valence-electron chi connectivity index (χ0n) is 10.4. The molecule has 0 fully saturated rings. The van der Waals surface area contributed by atoms with Crippen LogP contribution < -0.4 is 4.72 Å². The number of nitrogens with one attached hydrogen (secondary N) is 1. The van der Waals surface area contributed by atoms with Crippen molar-refractivity contribution in [3.63, 3.8) is 0 Å². The largest absolute Gasteiger partial charge is 0.395 e. The van der Waals surface area contributed by atoms with Crippen LogP contribution in [0.3, 0.4) is 0 Å². The van der Waals surface area contributed by atoms with Crippen LogP contribution in [0, 0.1) is 5.92 Å². The van der Waals surface area contributed by atoms with E-state index in [0.717, 1.165) is 10.9 Å². The fourth-order valence-electron chi connectivity index (χ4n) is 1.50. The van der Waals surface area contributed by atoms with E-state index in [1.165, 1.54) is 12.1 Å². The summed E-state index contributed by atoms with van der Waals surface area (Å²) in [5.41, 5.74) is 0. The van der Waals surface area contributed by atoms with Crippen molar-refractivity contribution in [2.75, 3.05) is 6.61 Å². The fourth-order valence-corrected chi connectivity index (χ4v) is 3.10. The summed E-state index contributed by atoms with van der Waals surface area (Å²) < 4.78 is 27.5. The maximum absolute atomic E-state index is 12.1. The SMILES string of the molecule is CCC(C)C(CO)NS(=O)(=O)c1ccc(Br)cc1.